The second-order valence-corrected chi connectivity index (χ2v) is 6.29. The van der Waals surface area contributed by atoms with Gasteiger partial charge in [0.2, 0.25) is 0 Å². The molecule has 0 aromatic rings. The van der Waals surface area contributed by atoms with Crippen LogP contribution in [0.4, 0.5) is 0 Å². The van der Waals surface area contributed by atoms with Crippen LogP contribution in [0.3, 0.4) is 0 Å². The van der Waals surface area contributed by atoms with E-state index in [-0.39, 0.29) is 11.0 Å². The molecule has 100 valence electrons. The first-order valence-electron chi connectivity index (χ1n) is 6.44. The van der Waals surface area contributed by atoms with Crippen molar-refractivity contribution in [3.05, 3.63) is 0 Å². The van der Waals surface area contributed by atoms with Gasteiger partial charge in [-0.15, -0.1) is 0 Å². The van der Waals surface area contributed by atoms with Crippen molar-refractivity contribution in [3.8, 4) is 0 Å². The smallest absolute Gasteiger partial charge is 0.0963 e. The van der Waals surface area contributed by atoms with E-state index in [1.54, 1.807) is 0 Å². The molecular weight excluding hydrogens is 214 g/mol. The first-order valence-corrected chi connectivity index (χ1v) is 6.44. The highest BCUT2D eigenvalue weighted by Crippen LogP contribution is 2.23. The van der Waals surface area contributed by atoms with Crippen molar-refractivity contribution >= 4 is 5.84 Å². The van der Waals surface area contributed by atoms with Crippen LogP contribution in [0.5, 0.6) is 0 Å². The van der Waals surface area contributed by atoms with E-state index >= 15 is 0 Å². The lowest BCUT2D eigenvalue weighted by molar-refractivity contribution is -0.0863. The predicted molar refractivity (Wildman–Crippen MR) is 71.4 cm³/mol. The third-order valence-corrected chi connectivity index (χ3v) is 3.51. The highest BCUT2D eigenvalue weighted by Gasteiger charge is 2.27. The summed E-state index contributed by atoms with van der Waals surface area (Å²) in [6.45, 7) is 12.3. The molecule has 1 fully saturated rings. The fourth-order valence-electron chi connectivity index (χ4n) is 2.18. The molecule has 0 aromatic carbocycles. The minimum Gasteiger partial charge on any atom is -0.387 e. The van der Waals surface area contributed by atoms with Crippen molar-refractivity contribution in [2.45, 2.75) is 46.1 Å². The van der Waals surface area contributed by atoms with Gasteiger partial charge >= 0.3 is 0 Å². The van der Waals surface area contributed by atoms with Gasteiger partial charge in [-0.05, 0) is 33.2 Å². The van der Waals surface area contributed by atoms with Crippen LogP contribution in [0.25, 0.3) is 0 Å². The third-order valence-electron chi connectivity index (χ3n) is 3.51. The predicted octanol–water partition coefficient (Wildman–Crippen LogP) is 1.84. The van der Waals surface area contributed by atoms with E-state index in [0.29, 0.717) is 5.84 Å². The second kappa shape index (κ2) is 5.36. The number of morpholine rings is 1. The third kappa shape index (κ3) is 4.64. The van der Waals surface area contributed by atoms with Gasteiger partial charge in [0.25, 0.3) is 0 Å². The molecule has 0 radical (unpaired) electrons. The molecule has 1 aliphatic heterocycles. The summed E-state index contributed by atoms with van der Waals surface area (Å²) in [4.78, 5) is 2.44. The number of nitrogens with zero attached hydrogens (tertiary/aromatic N) is 1. The Bertz CT molecular complexity index is 274. The SMILES string of the molecule is CC1(C)CN(CCCC(C)(C)C(=N)N)CCO1. The Kier molecular flexibility index (Phi) is 4.55. The van der Waals surface area contributed by atoms with Gasteiger partial charge in [-0.2, -0.15) is 0 Å². The molecule has 1 saturated heterocycles. The summed E-state index contributed by atoms with van der Waals surface area (Å²) in [6, 6.07) is 0. The normalized spacial score (nSPS) is 21.4. The van der Waals surface area contributed by atoms with Crippen LogP contribution in [0, 0.1) is 10.8 Å². The number of nitrogens with one attached hydrogen (secondary N) is 1. The zero-order valence-electron chi connectivity index (χ0n) is 11.7. The van der Waals surface area contributed by atoms with Crippen molar-refractivity contribution in [2.75, 3.05) is 26.2 Å². The van der Waals surface area contributed by atoms with Gasteiger partial charge in [-0.1, -0.05) is 13.8 Å². The summed E-state index contributed by atoms with van der Waals surface area (Å²) in [5.74, 6) is 0.291. The first-order chi connectivity index (χ1) is 7.73. The lowest BCUT2D eigenvalue weighted by atomic mass is 9.86. The average Bonchev–Trinajstić information content (AvgIpc) is 2.15. The fraction of sp³-hybridized carbons (Fsp3) is 0.923. The van der Waals surface area contributed by atoms with E-state index in [0.717, 1.165) is 39.1 Å². The van der Waals surface area contributed by atoms with Crippen molar-refractivity contribution < 1.29 is 4.74 Å². The molecule has 0 amide bonds. The molecule has 0 unspecified atom stereocenters. The zero-order valence-corrected chi connectivity index (χ0v) is 11.7. The van der Waals surface area contributed by atoms with E-state index in [2.05, 4.69) is 18.7 Å². The van der Waals surface area contributed by atoms with Crippen molar-refractivity contribution in [3.63, 3.8) is 0 Å². The Hall–Kier alpha value is -0.610. The van der Waals surface area contributed by atoms with Crippen LogP contribution < -0.4 is 5.73 Å². The fourth-order valence-corrected chi connectivity index (χ4v) is 2.18. The Balaban J connectivity index is 2.30. The maximum atomic E-state index is 7.53. The topological polar surface area (TPSA) is 62.3 Å². The van der Waals surface area contributed by atoms with Crippen molar-refractivity contribution in [1.82, 2.24) is 4.90 Å². The summed E-state index contributed by atoms with van der Waals surface area (Å²) < 4.78 is 5.69. The molecule has 0 spiro atoms. The Morgan fingerprint density at radius 3 is 2.65 bits per heavy atom. The van der Waals surface area contributed by atoms with Crippen LogP contribution in [0.2, 0.25) is 0 Å². The van der Waals surface area contributed by atoms with Gasteiger partial charge in [-0.25, -0.2) is 0 Å². The lowest BCUT2D eigenvalue weighted by Gasteiger charge is -2.38. The lowest BCUT2D eigenvalue weighted by Crippen LogP contribution is -2.48. The molecule has 0 saturated carbocycles. The maximum Gasteiger partial charge on any atom is 0.0963 e. The quantitative estimate of drug-likeness (QED) is 0.570. The molecule has 4 nitrogen and oxygen atoms in total. The van der Waals surface area contributed by atoms with Crippen LogP contribution >= 0.6 is 0 Å². The molecule has 3 N–H and O–H groups in total. The summed E-state index contributed by atoms with van der Waals surface area (Å²) in [7, 11) is 0. The molecular formula is C13H27N3O. The summed E-state index contributed by atoms with van der Waals surface area (Å²) in [5.41, 5.74) is 5.40. The van der Waals surface area contributed by atoms with E-state index in [1.807, 2.05) is 13.8 Å². The molecule has 1 aliphatic rings. The minimum atomic E-state index is -0.165. The molecule has 0 aromatic heterocycles. The van der Waals surface area contributed by atoms with Gasteiger partial charge in [0.05, 0.1) is 18.0 Å². The van der Waals surface area contributed by atoms with Crippen LogP contribution in [0.15, 0.2) is 0 Å². The maximum absolute atomic E-state index is 7.53. The molecule has 0 bridgehead atoms. The van der Waals surface area contributed by atoms with Gasteiger partial charge in [0, 0.05) is 18.5 Å². The Labute approximate surface area is 105 Å². The number of hydrogen-bond donors (Lipinski definition) is 2. The summed E-state index contributed by atoms with van der Waals surface area (Å²) in [6.07, 6.45) is 2.06. The summed E-state index contributed by atoms with van der Waals surface area (Å²) in [5, 5.41) is 7.53. The van der Waals surface area contributed by atoms with Crippen LogP contribution in [0.1, 0.15) is 40.5 Å². The van der Waals surface area contributed by atoms with E-state index in [4.69, 9.17) is 15.9 Å². The second-order valence-electron chi connectivity index (χ2n) is 6.29. The average molecular weight is 241 g/mol. The van der Waals surface area contributed by atoms with Crippen LogP contribution in [-0.4, -0.2) is 42.6 Å². The molecule has 17 heavy (non-hydrogen) atoms. The van der Waals surface area contributed by atoms with Gasteiger partial charge in [0.1, 0.15) is 0 Å². The Morgan fingerprint density at radius 1 is 1.47 bits per heavy atom. The summed E-state index contributed by atoms with van der Waals surface area (Å²) >= 11 is 0. The standard InChI is InChI=1S/C13H27N3O/c1-12(2,11(14)15)6-5-7-16-8-9-17-13(3,4)10-16/h5-10H2,1-4H3,(H3,14,15). The molecule has 4 heteroatoms. The Morgan fingerprint density at radius 2 is 2.12 bits per heavy atom. The number of ether oxygens (including phenoxy) is 1. The monoisotopic (exact) mass is 241 g/mol. The number of amidine groups is 1. The number of hydrogen-bond acceptors (Lipinski definition) is 3. The van der Waals surface area contributed by atoms with Crippen molar-refractivity contribution in [2.24, 2.45) is 11.1 Å². The van der Waals surface area contributed by atoms with Gasteiger partial charge in [0.15, 0.2) is 0 Å². The van der Waals surface area contributed by atoms with E-state index < -0.39 is 0 Å². The first kappa shape index (κ1) is 14.5. The highest BCUT2D eigenvalue weighted by molar-refractivity contribution is 5.82. The zero-order chi connectivity index (χ0) is 13.1. The molecule has 0 atom stereocenters. The molecule has 1 rings (SSSR count). The van der Waals surface area contributed by atoms with E-state index in [9.17, 15) is 0 Å². The van der Waals surface area contributed by atoms with E-state index in [1.165, 1.54) is 0 Å². The van der Waals surface area contributed by atoms with Crippen LogP contribution in [-0.2, 0) is 4.74 Å². The number of rotatable bonds is 5. The number of nitrogens with two attached hydrogens (primary N) is 1. The van der Waals surface area contributed by atoms with Crippen molar-refractivity contribution in [1.29, 1.82) is 5.41 Å². The van der Waals surface area contributed by atoms with Gasteiger partial charge < -0.3 is 10.5 Å². The largest absolute Gasteiger partial charge is 0.387 e. The minimum absolute atomic E-state index is 0.0195. The molecule has 1 heterocycles. The highest BCUT2D eigenvalue weighted by atomic mass is 16.5. The van der Waals surface area contributed by atoms with Gasteiger partial charge in [-0.3, -0.25) is 10.3 Å². The molecule has 0 aliphatic carbocycles.